The fraction of sp³-hybridized carbons (Fsp3) is 0.857. The van der Waals surface area contributed by atoms with Gasteiger partial charge in [-0.05, 0) is 19.3 Å². The maximum absolute atomic E-state index is 12.1. The van der Waals surface area contributed by atoms with E-state index >= 15 is 0 Å². The molecule has 1 saturated heterocycles. The largest absolute Gasteiger partial charge is 0.348 e. The Morgan fingerprint density at radius 3 is 2.55 bits per heavy atom. The summed E-state index contributed by atoms with van der Waals surface area (Å²) in [6, 6.07) is 0.570. The zero-order valence-corrected chi connectivity index (χ0v) is 12.6. The van der Waals surface area contributed by atoms with Gasteiger partial charge in [0.25, 0.3) is 0 Å². The Balaban J connectivity index is 1.73. The Hall–Kier alpha value is -1.14. The molecule has 1 heterocycles. The Bertz CT molecular complexity index is 355. The average molecular weight is 282 g/mol. The van der Waals surface area contributed by atoms with Crippen LogP contribution in [0.3, 0.4) is 0 Å². The molecule has 1 aliphatic heterocycles. The van der Waals surface area contributed by atoms with Crippen molar-refractivity contribution in [3.05, 3.63) is 0 Å². The smallest absolute Gasteiger partial charge is 0.236 e. The van der Waals surface area contributed by atoms with Crippen LogP contribution in [0.25, 0.3) is 0 Å². The molecule has 1 aliphatic carbocycles. The van der Waals surface area contributed by atoms with Crippen LogP contribution in [0.2, 0.25) is 0 Å². The lowest BCUT2D eigenvalue weighted by Crippen LogP contribution is -2.42. The third-order valence-electron chi connectivity index (χ3n) is 3.92. The van der Waals surface area contributed by atoms with Crippen LogP contribution >= 0.6 is 0 Å². The molecule has 0 unspecified atom stereocenters. The van der Waals surface area contributed by atoms with Crippen LogP contribution < -0.4 is 5.32 Å². The number of hydrogen-bond acceptors (Lipinski definition) is 4. The third kappa shape index (κ3) is 4.76. The maximum Gasteiger partial charge on any atom is 0.236 e. The molecule has 2 rings (SSSR count). The van der Waals surface area contributed by atoms with Gasteiger partial charge in [-0.1, -0.05) is 0 Å². The second-order valence-electron chi connectivity index (χ2n) is 5.95. The highest BCUT2D eigenvalue weighted by atomic mass is 16.2. The first-order chi connectivity index (χ1) is 9.56. The van der Waals surface area contributed by atoms with Gasteiger partial charge in [0.15, 0.2) is 0 Å². The minimum Gasteiger partial charge on any atom is -0.348 e. The van der Waals surface area contributed by atoms with E-state index in [-0.39, 0.29) is 11.8 Å². The predicted octanol–water partition coefficient (Wildman–Crippen LogP) is -0.639. The Morgan fingerprint density at radius 2 is 1.90 bits per heavy atom. The quantitative estimate of drug-likeness (QED) is 0.729. The van der Waals surface area contributed by atoms with Crippen molar-refractivity contribution in [2.45, 2.75) is 25.3 Å². The summed E-state index contributed by atoms with van der Waals surface area (Å²) in [5.74, 6) is 0.317. The van der Waals surface area contributed by atoms with Crippen molar-refractivity contribution in [3.63, 3.8) is 0 Å². The highest BCUT2D eigenvalue weighted by Crippen LogP contribution is 2.18. The number of amides is 2. The van der Waals surface area contributed by atoms with Gasteiger partial charge in [0, 0.05) is 46.3 Å². The molecule has 20 heavy (non-hydrogen) atoms. The molecule has 1 N–H and O–H groups in total. The fourth-order valence-electron chi connectivity index (χ4n) is 2.34. The minimum atomic E-state index is 0.125. The summed E-state index contributed by atoms with van der Waals surface area (Å²) >= 11 is 0. The molecule has 0 aromatic heterocycles. The maximum atomic E-state index is 12.1. The minimum absolute atomic E-state index is 0.125. The standard InChI is InChI=1S/C14H26N4O2/c1-16(2)14(20)11-17-6-3-7-18(9-8-17)13(19)10-15-12-4-5-12/h12,15H,3-11H2,1-2H3. The lowest BCUT2D eigenvalue weighted by Gasteiger charge is -2.23. The number of hydrogen-bond donors (Lipinski definition) is 1. The second kappa shape index (κ2) is 7.04. The molecule has 0 radical (unpaired) electrons. The van der Waals surface area contributed by atoms with Crippen molar-refractivity contribution >= 4 is 11.8 Å². The van der Waals surface area contributed by atoms with Gasteiger partial charge in [0.2, 0.25) is 11.8 Å². The zero-order chi connectivity index (χ0) is 14.5. The van der Waals surface area contributed by atoms with E-state index < -0.39 is 0 Å². The van der Waals surface area contributed by atoms with Crippen molar-refractivity contribution in [2.24, 2.45) is 0 Å². The molecule has 2 aliphatic rings. The van der Waals surface area contributed by atoms with E-state index in [9.17, 15) is 9.59 Å². The first-order valence-corrected chi connectivity index (χ1v) is 7.50. The van der Waals surface area contributed by atoms with E-state index in [1.54, 1.807) is 19.0 Å². The van der Waals surface area contributed by atoms with Crippen LogP contribution in [-0.4, -0.2) is 85.9 Å². The molecule has 114 valence electrons. The van der Waals surface area contributed by atoms with Gasteiger partial charge in [0.05, 0.1) is 13.1 Å². The van der Waals surface area contributed by atoms with E-state index in [4.69, 9.17) is 0 Å². The van der Waals surface area contributed by atoms with Crippen LogP contribution in [0.5, 0.6) is 0 Å². The van der Waals surface area contributed by atoms with Gasteiger partial charge in [-0.15, -0.1) is 0 Å². The fourth-order valence-corrected chi connectivity index (χ4v) is 2.34. The lowest BCUT2D eigenvalue weighted by atomic mass is 10.3. The zero-order valence-electron chi connectivity index (χ0n) is 12.6. The highest BCUT2D eigenvalue weighted by molar-refractivity contribution is 5.78. The number of nitrogens with zero attached hydrogens (tertiary/aromatic N) is 3. The van der Waals surface area contributed by atoms with Crippen LogP contribution in [0, 0.1) is 0 Å². The van der Waals surface area contributed by atoms with Crippen LogP contribution in [0.1, 0.15) is 19.3 Å². The number of carbonyl (C=O) groups is 2. The predicted molar refractivity (Wildman–Crippen MR) is 77.4 cm³/mol. The molecule has 0 bridgehead atoms. The SMILES string of the molecule is CN(C)C(=O)CN1CCCN(C(=O)CNC2CC2)CC1. The summed E-state index contributed by atoms with van der Waals surface area (Å²) in [6.45, 7) is 4.12. The lowest BCUT2D eigenvalue weighted by molar-refractivity contribution is -0.130. The molecule has 6 heteroatoms. The number of likely N-dealkylation sites (N-methyl/N-ethyl adjacent to an activating group) is 1. The molecule has 0 aromatic carbocycles. The Kier molecular flexibility index (Phi) is 5.37. The number of nitrogens with one attached hydrogen (secondary N) is 1. The van der Waals surface area contributed by atoms with E-state index in [1.807, 2.05) is 4.90 Å². The third-order valence-corrected chi connectivity index (χ3v) is 3.92. The van der Waals surface area contributed by atoms with E-state index in [1.165, 1.54) is 12.8 Å². The van der Waals surface area contributed by atoms with Gasteiger partial charge < -0.3 is 15.1 Å². The topological polar surface area (TPSA) is 55.9 Å². The Labute approximate surface area is 121 Å². The summed E-state index contributed by atoms with van der Waals surface area (Å²) in [5, 5.41) is 3.27. The number of carbonyl (C=O) groups excluding carboxylic acids is 2. The normalized spacial score (nSPS) is 20.6. The highest BCUT2D eigenvalue weighted by Gasteiger charge is 2.24. The molecule has 0 atom stereocenters. The van der Waals surface area contributed by atoms with E-state index in [0.717, 1.165) is 32.6 Å². The second-order valence-corrected chi connectivity index (χ2v) is 5.95. The molecule has 0 aromatic rings. The van der Waals surface area contributed by atoms with Crippen molar-refractivity contribution < 1.29 is 9.59 Å². The van der Waals surface area contributed by atoms with Crippen LogP contribution in [0.15, 0.2) is 0 Å². The average Bonchev–Trinajstić information content (AvgIpc) is 3.23. The first-order valence-electron chi connectivity index (χ1n) is 7.50. The number of rotatable bonds is 5. The van der Waals surface area contributed by atoms with E-state index in [2.05, 4.69) is 10.2 Å². The summed E-state index contributed by atoms with van der Waals surface area (Å²) < 4.78 is 0. The van der Waals surface area contributed by atoms with E-state index in [0.29, 0.717) is 19.1 Å². The van der Waals surface area contributed by atoms with Crippen LogP contribution in [-0.2, 0) is 9.59 Å². The molecule has 1 saturated carbocycles. The molecule has 2 fully saturated rings. The van der Waals surface area contributed by atoms with Gasteiger partial charge in [-0.3, -0.25) is 14.5 Å². The molecular formula is C14H26N4O2. The summed E-state index contributed by atoms with van der Waals surface area (Å²) in [4.78, 5) is 29.5. The van der Waals surface area contributed by atoms with Crippen LogP contribution in [0.4, 0.5) is 0 Å². The van der Waals surface area contributed by atoms with Crippen molar-refractivity contribution in [3.8, 4) is 0 Å². The van der Waals surface area contributed by atoms with Gasteiger partial charge in [-0.2, -0.15) is 0 Å². The summed E-state index contributed by atoms with van der Waals surface area (Å²) in [5.41, 5.74) is 0. The molecular weight excluding hydrogens is 256 g/mol. The Morgan fingerprint density at radius 1 is 1.15 bits per heavy atom. The van der Waals surface area contributed by atoms with Gasteiger partial charge in [-0.25, -0.2) is 0 Å². The summed E-state index contributed by atoms with van der Waals surface area (Å²) in [6.07, 6.45) is 3.34. The molecule has 2 amide bonds. The van der Waals surface area contributed by atoms with Gasteiger partial charge in [0.1, 0.15) is 0 Å². The molecule has 0 spiro atoms. The molecule has 6 nitrogen and oxygen atoms in total. The van der Waals surface area contributed by atoms with Gasteiger partial charge >= 0.3 is 0 Å². The first kappa shape index (κ1) is 15.3. The van der Waals surface area contributed by atoms with Crippen molar-refractivity contribution in [1.29, 1.82) is 0 Å². The monoisotopic (exact) mass is 282 g/mol. The summed E-state index contributed by atoms with van der Waals surface area (Å²) in [7, 11) is 3.55. The van der Waals surface area contributed by atoms with Crippen molar-refractivity contribution in [1.82, 2.24) is 20.0 Å². The van der Waals surface area contributed by atoms with Crippen molar-refractivity contribution in [2.75, 3.05) is 53.4 Å².